The molecule has 0 aromatic heterocycles. The summed E-state index contributed by atoms with van der Waals surface area (Å²) in [5, 5.41) is 3.54. The SMILES string of the molecule is CC(=O)NCc1ccccc1OCCBr. The Morgan fingerprint density at radius 3 is 2.87 bits per heavy atom. The van der Waals surface area contributed by atoms with Gasteiger partial charge in [-0.25, -0.2) is 0 Å². The first kappa shape index (κ1) is 12.0. The van der Waals surface area contributed by atoms with Crippen LogP contribution in [0.15, 0.2) is 24.3 Å². The first-order valence-corrected chi connectivity index (χ1v) is 5.87. The predicted molar refractivity (Wildman–Crippen MR) is 63.3 cm³/mol. The number of hydrogen-bond donors (Lipinski definition) is 1. The number of para-hydroxylation sites is 1. The number of alkyl halides is 1. The van der Waals surface area contributed by atoms with Crippen molar-refractivity contribution in [2.24, 2.45) is 0 Å². The summed E-state index contributed by atoms with van der Waals surface area (Å²) < 4.78 is 5.52. The van der Waals surface area contributed by atoms with Crippen LogP contribution in [-0.2, 0) is 11.3 Å². The highest BCUT2D eigenvalue weighted by Gasteiger charge is 2.02. The van der Waals surface area contributed by atoms with E-state index in [1.54, 1.807) is 0 Å². The molecule has 15 heavy (non-hydrogen) atoms. The molecular formula is C11H14BrNO2. The van der Waals surface area contributed by atoms with Crippen molar-refractivity contribution in [2.75, 3.05) is 11.9 Å². The second-order valence-electron chi connectivity index (χ2n) is 3.05. The lowest BCUT2D eigenvalue weighted by atomic mass is 10.2. The number of ether oxygens (including phenoxy) is 1. The van der Waals surface area contributed by atoms with Crippen molar-refractivity contribution in [2.45, 2.75) is 13.5 Å². The summed E-state index contributed by atoms with van der Waals surface area (Å²) >= 11 is 3.30. The van der Waals surface area contributed by atoms with E-state index in [0.717, 1.165) is 16.6 Å². The standard InChI is InChI=1S/C11H14BrNO2/c1-9(14)13-8-10-4-2-3-5-11(10)15-7-6-12/h2-5H,6-8H2,1H3,(H,13,14). The largest absolute Gasteiger partial charge is 0.492 e. The Bertz CT molecular complexity index is 328. The van der Waals surface area contributed by atoms with E-state index in [2.05, 4.69) is 21.2 Å². The molecule has 0 radical (unpaired) electrons. The van der Waals surface area contributed by atoms with Crippen molar-refractivity contribution in [1.82, 2.24) is 5.32 Å². The Kier molecular flexibility index (Phi) is 5.18. The summed E-state index contributed by atoms with van der Waals surface area (Å²) in [4.78, 5) is 10.8. The van der Waals surface area contributed by atoms with Crippen molar-refractivity contribution in [3.05, 3.63) is 29.8 Å². The maximum atomic E-state index is 10.8. The monoisotopic (exact) mass is 271 g/mol. The summed E-state index contributed by atoms with van der Waals surface area (Å²) in [6.45, 7) is 2.63. The Morgan fingerprint density at radius 2 is 2.20 bits per heavy atom. The van der Waals surface area contributed by atoms with E-state index in [4.69, 9.17) is 4.74 Å². The Hall–Kier alpha value is -1.03. The highest BCUT2D eigenvalue weighted by molar-refractivity contribution is 9.09. The lowest BCUT2D eigenvalue weighted by Crippen LogP contribution is -2.19. The number of benzene rings is 1. The van der Waals surface area contributed by atoms with E-state index >= 15 is 0 Å². The smallest absolute Gasteiger partial charge is 0.217 e. The number of amides is 1. The molecule has 0 unspecified atom stereocenters. The Balaban J connectivity index is 2.63. The maximum Gasteiger partial charge on any atom is 0.217 e. The van der Waals surface area contributed by atoms with Crippen LogP contribution in [0.2, 0.25) is 0 Å². The molecule has 0 atom stereocenters. The van der Waals surface area contributed by atoms with Gasteiger partial charge in [0.2, 0.25) is 5.91 Å². The van der Waals surface area contributed by atoms with Crippen LogP contribution in [0.4, 0.5) is 0 Å². The third kappa shape index (κ3) is 4.34. The maximum absolute atomic E-state index is 10.8. The summed E-state index contributed by atoms with van der Waals surface area (Å²) in [6.07, 6.45) is 0. The van der Waals surface area contributed by atoms with Gasteiger partial charge in [-0.05, 0) is 6.07 Å². The summed E-state index contributed by atoms with van der Waals surface area (Å²) in [5.74, 6) is 0.788. The fourth-order valence-electron chi connectivity index (χ4n) is 1.16. The summed E-state index contributed by atoms with van der Waals surface area (Å²) in [7, 11) is 0. The molecule has 0 aliphatic carbocycles. The Morgan fingerprint density at radius 1 is 1.47 bits per heavy atom. The zero-order valence-electron chi connectivity index (χ0n) is 8.63. The number of rotatable bonds is 5. The molecule has 4 heteroatoms. The minimum absolute atomic E-state index is 0.0368. The zero-order valence-corrected chi connectivity index (χ0v) is 10.2. The molecule has 0 saturated carbocycles. The number of carbonyl (C=O) groups excluding carboxylic acids is 1. The van der Waals surface area contributed by atoms with Crippen molar-refractivity contribution in [3.63, 3.8) is 0 Å². The van der Waals surface area contributed by atoms with E-state index in [0.29, 0.717) is 13.2 Å². The number of nitrogens with one attached hydrogen (secondary N) is 1. The molecule has 0 saturated heterocycles. The molecule has 0 spiro atoms. The third-order valence-electron chi connectivity index (χ3n) is 1.84. The van der Waals surface area contributed by atoms with E-state index in [-0.39, 0.29) is 5.91 Å². The highest BCUT2D eigenvalue weighted by Crippen LogP contribution is 2.17. The molecule has 0 heterocycles. The van der Waals surface area contributed by atoms with E-state index in [9.17, 15) is 4.79 Å². The van der Waals surface area contributed by atoms with E-state index in [1.807, 2.05) is 24.3 Å². The van der Waals surface area contributed by atoms with Crippen LogP contribution < -0.4 is 10.1 Å². The molecule has 0 aliphatic rings. The number of halogens is 1. The average molecular weight is 272 g/mol. The third-order valence-corrected chi connectivity index (χ3v) is 2.16. The normalized spacial score (nSPS) is 9.73. The fraction of sp³-hybridized carbons (Fsp3) is 0.364. The second-order valence-corrected chi connectivity index (χ2v) is 3.85. The van der Waals surface area contributed by atoms with Crippen LogP contribution in [0.25, 0.3) is 0 Å². The van der Waals surface area contributed by atoms with Gasteiger partial charge >= 0.3 is 0 Å². The van der Waals surface area contributed by atoms with Crippen LogP contribution in [0.5, 0.6) is 5.75 Å². The van der Waals surface area contributed by atoms with Crippen molar-refractivity contribution >= 4 is 21.8 Å². The topological polar surface area (TPSA) is 38.3 Å². The van der Waals surface area contributed by atoms with Crippen LogP contribution in [0.3, 0.4) is 0 Å². The van der Waals surface area contributed by atoms with Gasteiger partial charge in [0, 0.05) is 24.4 Å². The van der Waals surface area contributed by atoms with Gasteiger partial charge in [-0.15, -0.1) is 0 Å². The molecule has 1 amide bonds. The van der Waals surface area contributed by atoms with Gasteiger partial charge < -0.3 is 10.1 Å². The molecule has 1 aromatic carbocycles. The molecule has 3 nitrogen and oxygen atoms in total. The molecule has 1 aromatic rings. The molecule has 82 valence electrons. The Labute approximate surface area is 97.9 Å². The van der Waals surface area contributed by atoms with Crippen LogP contribution in [0, 0.1) is 0 Å². The molecular weight excluding hydrogens is 258 g/mol. The summed E-state index contributed by atoms with van der Waals surface area (Å²) in [5.41, 5.74) is 0.994. The summed E-state index contributed by atoms with van der Waals surface area (Å²) in [6, 6.07) is 7.69. The van der Waals surface area contributed by atoms with E-state index < -0.39 is 0 Å². The number of carbonyl (C=O) groups is 1. The van der Waals surface area contributed by atoms with Gasteiger partial charge in [0.1, 0.15) is 5.75 Å². The predicted octanol–water partition coefficient (Wildman–Crippen LogP) is 2.10. The quantitative estimate of drug-likeness (QED) is 0.833. The first-order valence-electron chi connectivity index (χ1n) is 4.75. The minimum Gasteiger partial charge on any atom is -0.492 e. The highest BCUT2D eigenvalue weighted by atomic mass is 79.9. The van der Waals surface area contributed by atoms with Gasteiger partial charge in [0.15, 0.2) is 0 Å². The molecule has 1 rings (SSSR count). The van der Waals surface area contributed by atoms with Gasteiger partial charge in [-0.2, -0.15) is 0 Å². The zero-order chi connectivity index (χ0) is 11.1. The minimum atomic E-state index is -0.0368. The molecule has 0 aliphatic heterocycles. The van der Waals surface area contributed by atoms with Gasteiger partial charge in [-0.1, -0.05) is 34.1 Å². The first-order chi connectivity index (χ1) is 7.24. The van der Waals surface area contributed by atoms with Crippen molar-refractivity contribution in [3.8, 4) is 5.75 Å². The number of hydrogen-bond acceptors (Lipinski definition) is 2. The molecule has 0 fully saturated rings. The van der Waals surface area contributed by atoms with Crippen LogP contribution in [-0.4, -0.2) is 17.8 Å². The van der Waals surface area contributed by atoms with Gasteiger partial charge in [0.25, 0.3) is 0 Å². The molecule has 0 bridgehead atoms. The average Bonchev–Trinajstić information content (AvgIpc) is 2.24. The van der Waals surface area contributed by atoms with Crippen LogP contribution >= 0.6 is 15.9 Å². The second kappa shape index (κ2) is 6.45. The van der Waals surface area contributed by atoms with Gasteiger partial charge in [-0.3, -0.25) is 4.79 Å². The lowest BCUT2D eigenvalue weighted by molar-refractivity contribution is -0.119. The van der Waals surface area contributed by atoms with Gasteiger partial charge in [0.05, 0.1) is 6.61 Å². The lowest BCUT2D eigenvalue weighted by Gasteiger charge is -2.10. The van der Waals surface area contributed by atoms with E-state index in [1.165, 1.54) is 6.92 Å². The van der Waals surface area contributed by atoms with Crippen molar-refractivity contribution < 1.29 is 9.53 Å². The van der Waals surface area contributed by atoms with Crippen molar-refractivity contribution in [1.29, 1.82) is 0 Å². The molecule has 1 N–H and O–H groups in total. The fourth-order valence-corrected chi connectivity index (χ4v) is 1.32. The van der Waals surface area contributed by atoms with Crippen LogP contribution in [0.1, 0.15) is 12.5 Å².